The van der Waals surface area contributed by atoms with Gasteiger partial charge in [0.25, 0.3) is 0 Å². The zero-order valence-corrected chi connectivity index (χ0v) is 12.7. The van der Waals surface area contributed by atoms with E-state index in [1.54, 1.807) is 0 Å². The maximum absolute atomic E-state index is 11.9. The standard InChI is InChI=1S/C19H22N2O/c20-19(13-14-19)18(22)21-17-11-9-16(10-12-17)8-4-7-15-5-2-1-3-6-15/h1-3,5-6,9-12H,4,7-8,13-14,20H2,(H,21,22). The number of hydrogen-bond donors (Lipinski definition) is 2. The molecular weight excluding hydrogens is 272 g/mol. The van der Waals surface area contributed by atoms with Crippen molar-refractivity contribution in [2.75, 3.05) is 5.32 Å². The summed E-state index contributed by atoms with van der Waals surface area (Å²) in [5, 5.41) is 2.89. The fraction of sp³-hybridized carbons (Fsp3) is 0.316. The van der Waals surface area contributed by atoms with Gasteiger partial charge in [0.05, 0.1) is 5.54 Å². The summed E-state index contributed by atoms with van der Waals surface area (Å²) in [5.41, 5.74) is 8.76. The van der Waals surface area contributed by atoms with Crippen LogP contribution in [-0.4, -0.2) is 11.4 Å². The first kappa shape index (κ1) is 14.8. The van der Waals surface area contributed by atoms with E-state index >= 15 is 0 Å². The first-order chi connectivity index (χ1) is 10.7. The maximum atomic E-state index is 11.9. The van der Waals surface area contributed by atoms with Crippen molar-refractivity contribution in [1.82, 2.24) is 0 Å². The summed E-state index contributed by atoms with van der Waals surface area (Å²) in [6, 6.07) is 18.6. The van der Waals surface area contributed by atoms with E-state index in [4.69, 9.17) is 5.73 Å². The number of carbonyl (C=O) groups excluding carboxylic acids is 1. The average molecular weight is 294 g/mol. The van der Waals surface area contributed by atoms with E-state index in [2.05, 4.69) is 41.7 Å². The molecule has 3 heteroatoms. The Balaban J connectivity index is 1.48. The molecular formula is C19H22N2O. The van der Waals surface area contributed by atoms with Crippen LogP contribution in [0.3, 0.4) is 0 Å². The minimum absolute atomic E-state index is 0.0654. The lowest BCUT2D eigenvalue weighted by Crippen LogP contribution is -2.37. The van der Waals surface area contributed by atoms with Crippen LogP contribution >= 0.6 is 0 Å². The molecule has 0 unspecified atom stereocenters. The molecule has 0 heterocycles. The second-order valence-electron chi connectivity index (χ2n) is 6.15. The van der Waals surface area contributed by atoms with Gasteiger partial charge in [0, 0.05) is 5.69 Å². The van der Waals surface area contributed by atoms with Crippen LogP contribution in [0.1, 0.15) is 30.4 Å². The summed E-state index contributed by atoms with van der Waals surface area (Å²) in [6.45, 7) is 0. The van der Waals surface area contributed by atoms with Crippen LogP contribution in [0.15, 0.2) is 54.6 Å². The largest absolute Gasteiger partial charge is 0.324 e. The monoisotopic (exact) mass is 294 g/mol. The molecule has 114 valence electrons. The van der Waals surface area contributed by atoms with Crippen LogP contribution in [-0.2, 0) is 17.6 Å². The van der Waals surface area contributed by atoms with E-state index < -0.39 is 5.54 Å². The molecule has 22 heavy (non-hydrogen) atoms. The van der Waals surface area contributed by atoms with Crippen LogP contribution in [0.2, 0.25) is 0 Å². The van der Waals surface area contributed by atoms with E-state index in [-0.39, 0.29) is 5.91 Å². The first-order valence-electron chi connectivity index (χ1n) is 7.89. The van der Waals surface area contributed by atoms with Gasteiger partial charge in [-0.2, -0.15) is 0 Å². The minimum atomic E-state index is -0.617. The van der Waals surface area contributed by atoms with Gasteiger partial charge >= 0.3 is 0 Å². The maximum Gasteiger partial charge on any atom is 0.244 e. The third kappa shape index (κ3) is 3.74. The van der Waals surface area contributed by atoms with Gasteiger partial charge in [0.2, 0.25) is 5.91 Å². The van der Waals surface area contributed by atoms with Crippen molar-refractivity contribution in [2.24, 2.45) is 5.73 Å². The normalized spacial score (nSPS) is 15.3. The number of anilines is 1. The Morgan fingerprint density at radius 1 is 0.955 bits per heavy atom. The average Bonchev–Trinajstić information content (AvgIpc) is 3.29. The van der Waals surface area contributed by atoms with Crippen molar-refractivity contribution >= 4 is 11.6 Å². The summed E-state index contributed by atoms with van der Waals surface area (Å²) < 4.78 is 0. The summed E-state index contributed by atoms with van der Waals surface area (Å²) in [4.78, 5) is 11.9. The number of carbonyl (C=O) groups is 1. The SMILES string of the molecule is NC1(C(=O)Nc2ccc(CCCc3ccccc3)cc2)CC1. The van der Waals surface area contributed by atoms with Crippen molar-refractivity contribution in [1.29, 1.82) is 0 Å². The number of benzene rings is 2. The van der Waals surface area contributed by atoms with Gasteiger partial charge in [-0.1, -0.05) is 42.5 Å². The number of amides is 1. The molecule has 0 radical (unpaired) electrons. The molecule has 1 aliphatic carbocycles. The summed E-state index contributed by atoms with van der Waals surface area (Å²) in [5.74, 6) is -0.0654. The molecule has 0 spiro atoms. The van der Waals surface area contributed by atoms with Crippen LogP contribution < -0.4 is 11.1 Å². The molecule has 1 fully saturated rings. The first-order valence-corrected chi connectivity index (χ1v) is 7.89. The Labute approximate surface area is 131 Å². The van der Waals surface area contributed by atoms with Gasteiger partial charge in [-0.05, 0) is 55.4 Å². The van der Waals surface area contributed by atoms with E-state index in [1.165, 1.54) is 11.1 Å². The summed E-state index contributed by atoms with van der Waals surface area (Å²) in [6.07, 6.45) is 4.84. The molecule has 0 atom stereocenters. The molecule has 3 N–H and O–H groups in total. The summed E-state index contributed by atoms with van der Waals surface area (Å²) in [7, 11) is 0. The van der Waals surface area contributed by atoms with Crippen molar-refractivity contribution in [3.63, 3.8) is 0 Å². The van der Waals surface area contributed by atoms with E-state index in [0.717, 1.165) is 37.8 Å². The smallest absolute Gasteiger partial charge is 0.244 e. The predicted molar refractivity (Wildman–Crippen MR) is 89.7 cm³/mol. The van der Waals surface area contributed by atoms with Gasteiger partial charge in [-0.25, -0.2) is 0 Å². The fourth-order valence-electron chi connectivity index (χ4n) is 2.51. The van der Waals surface area contributed by atoms with Crippen LogP contribution in [0.25, 0.3) is 0 Å². The lowest BCUT2D eigenvalue weighted by Gasteiger charge is -2.10. The van der Waals surface area contributed by atoms with Crippen LogP contribution in [0, 0.1) is 0 Å². The fourth-order valence-corrected chi connectivity index (χ4v) is 2.51. The van der Waals surface area contributed by atoms with E-state index in [1.807, 2.05) is 18.2 Å². The topological polar surface area (TPSA) is 55.1 Å². The Hall–Kier alpha value is -2.13. The second-order valence-corrected chi connectivity index (χ2v) is 6.15. The molecule has 0 saturated heterocycles. The second kappa shape index (κ2) is 6.32. The predicted octanol–water partition coefficient (Wildman–Crippen LogP) is 3.29. The number of aryl methyl sites for hydroxylation is 2. The Morgan fingerprint density at radius 2 is 1.55 bits per heavy atom. The highest BCUT2D eigenvalue weighted by Crippen LogP contribution is 2.33. The lowest BCUT2D eigenvalue weighted by atomic mass is 10.0. The highest BCUT2D eigenvalue weighted by Gasteiger charge is 2.45. The third-order valence-electron chi connectivity index (χ3n) is 4.23. The zero-order chi connectivity index (χ0) is 15.4. The van der Waals surface area contributed by atoms with Crippen molar-refractivity contribution < 1.29 is 4.79 Å². The zero-order valence-electron chi connectivity index (χ0n) is 12.7. The van der Waals surface area contributed by atoms with Crippen molar-refractivity contribution in [3.05, 3.63) is 65.7 Å². The van der Waals surface area contributed by atoms with Gasteiger partial charge < -0.3 is 11.1 Å². The highest BCUT2D eigenvalue weighted by molar-refractivity contribution is 6.00. The quantitative estimate of drug-likeness (QED) is 0.859. The molecule has 0 bridgehead atoms. The Morgan fingerprint density at radius 3 is 2.14 bits per heavy atom. The molecule has 1 aliphatic rings. The number of nitrogens with two attached hydrogens (primary N) is 1. The summed E-state index contributed by atoms with van der Waals surface area (Å²) >= 11 is 0. The van der Waals surface area contributed by atoms with Crippen LogP contribution in [0.5, 0.6) is 0 Å². The molecule has 0 aromatic heterocycles. The van der Waals surface area contributed by atoms with Gasteiger partial charge in [-0.15, -0.1) is 0 Å². The van der Waals surface area contributed by atoms with Crippen LogP contribution in [0.4, 0.5) is 5.69 Å². The van der Waals surface area contributed by atoms with Gasteiger partial charge in [0.1, 0.15) is 0 Å². The molecule has 2 aromatic carbocycles. The molecule has 3 rings (SSSR count). The minimum Gasteiger partial charge on any atom is -0.324 e. The molecule has 1 saturated carbocycles. The number of rotatable bonds is 6. The Kier molecular flexibility index (Phi) is 4.25. The van der Waals surface area contributed by atoms with E-state index in [0.29, 0.717) is 0 Å². The van der Waals surface area contributed by atoms with Crippen molar-refractivity contribution in [2.45, 2.75) is 37.6 Å². The molecule has 2 aromatic rings. The number of nitrogens with one attached hydrogen (secondary N) is 1. The molecule has 3 nitrogen and oxygen atoms in total. The highest BCUT2D eigenvalue weighted by atomic mass is 16.2. The number of hydrogen-bond acceptors (Lipinski definition) is 2. The third-order valence-corrected chi connectivity index (χ3v) is 4.23. The Bertz CT molecular complexity index is 630. The lowest BCUT2D eigenvalue weighted by molar-refractivity contribution is -0.118. The van der Waals surface area contributed by atoms with Gasteiger partial charge in [0.15, 0.2) is 0 Å². The molecule has 1 amide bonds. The van der Waals surface area contributed by atoms with Crippen molar-refractivity contribution in [3.8, 4) is 0 Å². The van der Waals surface area contributed by atoms with Gasteiger partial charge in [-0.3, -0.25) is 4.79 Å². The van der Waals surface area contributed by atoms with E-state index in [9.17, 15) is 4.79 Å². The molecule has 0 aliphatic heterocycles.